The van der Waals surface area contributed by atoms with E-state index in [-0.39, 0.29) is 5.82 Å². The molecule has 0 radical (unpaired) electrons. The summed E-state index contributed by atoms with van der Waals surface area (Å²) in [6.07, 6.45) is 9.76. The summed E-state index contributed by atoms with van der Waals surface area (Å²) >= 11 is -2.47. The van der Waals surface area contributed by atoms with E-state index in [9.17, 15) is 4.39 Å². The number of halogens is 1. The molecule has 0 fully saturated rings. The Morgan fingerprint density at radius 2 is 1.42 bits per heavy atom. The molecule has 0 amide bonds. The van der Waals surface area contributed by atoms with E-state index < -0.39 is 18.4 Å². The van der Waals surface area contributed by atoms with Crippen molar-refractivity contribution in [3.05, 3.63) is 36.3 Å². The Hall–Kier alpha value is -0.641. The number of hydrogen-bond donors (Lipinski definition) is 0. The van der Waals surface area contributed by atoms with Gasteiger partial charge >= 0.3 is 151 Å². The Labute approximate surface area is 150 Å². The van der Waals surface area contributed by atoms with Crippen LogP contribution in [0.25, 0.3) is 10.8 Å². The van der Waals surface area contributed by atoms with E-state index in [2.05, 4.69) is 26.8 Å². The molecule has 0 aliphatic rings. The Morgan fingerprint density at radius 3 is 1.96 bits per heavy atom. The van der Waals surface area contributed by atoms with Crippen molar-refractivity contribution < 1.29 is 4.39 Å². The molecule has 0 saturated carbocycles. The zero-order valence-corrected chi connectivity index (χ0v) is 18.4. The molecule has 132 valence electrons. The quantitative estimate of drug-likeness (QED) is 0.391. The van der Waals surface area contributed by atoms with Gasteiger partial charge in [0.25, 0.3) is 0 Å². The number of benzene rings is 1. The van der Waals surface area contributed by atoms with E-state index in [0.717, 1.165) is 10.8 Å². The summed E-state index contributed by atoms with van der Waals surface area (Å²) in [5.41, 5.74) is 0. The van der Waals surface area contributed by atoms with Gasteiger partial charge in [0.1, 0.15) is 0 Å². The summed E-state index contributed by atoms with van der Waals surface area (Å²) in [5.74, 6) is -0.172. The van der Waals surface area contributed by atoms with Crippen molar-refractivity contribution in [2.24, 2.45) is 0 Å². The first-order valence-electron chi connectivity index (χ1n) is 9.71. The van der Waals surface area contributed by atoms with Crippen LogP contribution in [0.2, 0.25) is 13.3 Å². The predicted octanol–water partition coefficient (Wildman–Crippen LogP) is 6.43. The van der Waals surface area contributed by atoms with Gasteiger partial charge in [-0.2, -0.15) is 0 Å². The average Bonchev–Trinajstić information content (AvgIpc) is 2.61. The minimum absolute atomic E-state index is 0.172. The fraction of sp³-hybridized carbons (Fsp3) is 0.571. The number of hydrogen-bond acceptors (Lipinski definition) is 1. The molecule has 0 saturated heterocycles. The molecule has 2 aromatic rings. The molecule has 0 bridgehead atoms. The Balaban J connectivity index is 2.43. The van der Waals surface area contributed by atoms with Gasteiger partial charge in [-0.25, -0.2) is 0 Å². The second kappa shape index (κ2) is 9.74. The van der Waals surface area contributed by atoms with Crippen LogP contribution in [-0.2, 0) is 0 Å². The van der Waals surface area contributed by atoms with Gasteiger partial charge in [0.2, 0.25) is 0 Å². The monoisotopic (exact) mass is 437 g/mol. The van der Waals surface area contributed by atoms with E-state index in [1.165, 1.54) is 55.5 Å². The molecule has 3 heteroatoms. The number of pyridine rings is 1. The van der Waals surface area contributed by atoms with E-state index in [1.807, 2.05) is 12.3 Å². The van der Waals surface area contributed by atoms with Gasteiger partial charge in [0, 0.05) is 0 Å². The molecule has 0 N–H and O–H groups in total. The molecule has 0 unspecified atom stereocenters. The van der Waals surface area contributed by atoms with Gasteiger partial charge in [0.15, 0.2) is 0 Å². The number of fused-ring (bicyclic) bond motifs is 1. The van der Waals surface area contributed by atoms with Crippen LogP contribution < -0.4 is 3.71 Å². The van der Waals surface area contributed by atoms with Crippen LogP contribution in [-0.4, -0.2) is 23.4 Å². The van der Waals surface area contributed by atoms with E-state index in [4.69, 9.17) is 4.98 Å². The van der Waals surface area contributed by atoms with Crippen molar-refractivity contribution in [1.82, 2.24) is 4.98 Å². The van der Waals surface area contributed by atoms with Crippen molar-refractivity contribution in [2.45, 2.75) is 72.6 Å². The van der Waals surface area contributed by atoms with Crippen LogP contribution in [0.3, 0.4) is 0 Å². The van der Waals surface area contributed by atoms with Gasteiger partial charge < -0.3 is 0 Å². The van der Waals surface area contributed by atoms with E-state index >= 15 is 0 Å². The molecule has 0 spiro atoms. The van der Waals surface area contributed by atoms with Crippen LogP contribution in [0.4, 0.5) is 4.39 Å². The predicted molar refractivity (Wildman–Crippen MR) is 106 cm³/mol. The van der Waals surface area contributed by atoms with Crippen LogP contribution in [0.5, 0.6) is 0 Å². The van der Waals surface area contributed by atoms with Crippen molar-refractivity contribution in [1.29, 1.82) is 0 Å². The summed E-state index contributed by atoms with van der Waals surface area (Å²) in [6, 6.07) is 7.42. The molecule has 24 heavy (non-hydrogen) atoms. The zero-order chi connectivity index (χ0) is 17.4. The molecule has 1 heterocycles. The normalized spacial score (nSPS) is 12.0. The molecule has 0 aliphatic heterocycles. The first-order valence-corrected chi connectivity index (χ1v) is 17.2. The van der Waals surface area contributed by atoms with Crippen molar-refractivity contribution in [3.63, 3.8) is 0 Å². The van der Waals surface area contributed by atoms with Crippen LogP contribution >= 0.6 is 0 Å². The maximum atomic E-state index is 13.5. The summed E-state index contributed by atoms with van der Waals surface area (Å²) < 4.78 is 19.2. The fourth-order valence-corrected chi connectivity index (χ4v) is 19.1. The number of nitrogens with zero attached hydrogens (tertiary/aromatic N) is 1. The number of rotatable bonds is 10. The summed E-state index contributed by atoms with van der Waals surface area (Å²) in [4.78, 5) is 4.91. The maximum absolute atomic E-state index is 13.5. The topological polar surface area (TPSA) is 12.9 Å². The van der Waals surface area contributed by atoms with E-state index in [1.54, 1.807) is 12.1 Å². The van der Waals surface area contributed by atoms with Crippen LogP contribution in [0.15, 0.2) is 30.5 Å². The Bertz CT molecular complexity index is 619. The zero-order valence-electron chi connectivity index (χ0n) is 15.6. The summed E-state index contributed by atoms with van der Waals surface area (Å²) in [6.45, 7) is 6.90. The average molecular weight is 436 g/mol. The third kappa shape index (κ3) is 4.93. The van der Waals surface area contributed by atoms with Gasteiger partial charge in [-0.15, -0.1) is 0 Å². The standard InChI is InChI=1S/C9H5FN.3C4H9.Sn/c10-9-2-1-7-3-4-11-6-8(7)5-9;3*1-3-4-2;/h1-3,5-6H;3*1,3-4H2,2H3;. The van der Waals surface area contributed by atoms with Crippen LogP contribution in [0.1, 0.15) is 59.3 Å². The molecular weight excluding hydrogens is 404 g/mol. The molecular formula is C21H32FNSn. The van der Waals surface area contributed by atoms with E-state index in [0.29, 0.717) is 0 Å². The fourth-order valence-electron chi connectivity index (χ4n) is 3.71. The molecule has 1 aromatic heterocycles. The van der Waals surface area contributed by atoms with Crippen LogP contribution in [0, 0.1) is 5.82 Å². The van der Waals surface area contributed by atoms with Crippen molar-refractivity contribution in [3.8, 4) is 0 Å². The van der Waals surface area contributed by atoms with Gasteiger partial charge in [-0.3, -0.25) is 0 Å². The first kappa shape index (κ1) is 19.7. The molecule has 2 rings (SSSR count). The molecule has 1 aromatic carbocycles. The number of aromatic nitrogens is 1. The van der Waals surface area contributed by atoms with Crippen molar-refractivity contribution >= 4 is 32.9 Å². The molecule has 0 atom stereocenters. The third-order valence-corrected chi connectivity index (χ3v) is 20.4. The molecule has 0 aliphatic carbocycles. The third-order valence-electron chi connectivity index (χ3n) is 5.25. The minimum atomic E-state index is -2.47. The SMILES string of the molecule is CCC[CH2][Sn]([CH2]CCC)([CH2]CCC)[c]1cc2ccc(F)cc2cn1. The summed E-state index contributed by atoms with van der Waals surface area (Å²) in [7, 11) is 0. The van der Waals surface area contributed by atoms with Gasteiger partial charge in [0.05, 0.1) is 0 Å². The Morgan fingerprint density at radius 1 is 0.833 bits per heavy atom. The van der Waals surface area contributed by atoms with Crippen molar-refractivity contribution in [2.75, 3.05) is 0 Å². The number of unbranched alkanes of at least 4 members (excludes halogenated alkanes) is 3. The van der Waals surface area contributed by atoms with Gasteiger partial charge in [-0.05, 0) is 0 Å². The second-order valence-electron chi connectivity index (χ2n) is 7.15. The Kier molecular flexibility index (Phi) is 7.99. The first-order chi connectivity index (χ1) is 11.6. The van der Waals surface area contributed by atoms with Gasteiger partial charge in [-0.1, -0.05) is 0 Å². The second-order valence-corrected chi connectivity index (χ2v) is 20.2. The summed E-state index contributed by atoms with van der Waals surface area (Å²) in [5, 5.41) is 2.09. The molecule has 1 nitrogen and oxygen atoms in total.